The third-order valence-electron chi connectivity index (χ3n) is 26.1. The Bertz CT molecular complexity index is 7310. The number of H-pyrrole nitrogens is 1. The van der Waals surface area contributed by atoms with Gasteiger partial charge in [0, 0.05) is 108 Å². The summed E-state index contributed by atoms with van der Waals surface area (Å²) in [6.07, 6.45) is 13.8. The SMILES string of the molecule is CC(C)c1cccc(-c2ccc(C(=O)NS(=O)(=O)c3cccnc3N)c(N3C[C@@H](C)CC3(C)C)n2)c1.CC1CCCC(Oc2cccc(S(=O)(=O)NC(=O)c3cccnc3N3CC(C)CC3(C)C)n2)C1.CC1CN(c2ncccc2C(=O)NS(=O)(=O)c2cccc(Oc3ccc4ccccc4n3)n2)C(C)(C)C1.Cc1ccc(C)c(-c2ccc(C(=O)NS(=O)(=O)c3ccc[nH]c3=O)c(N3C[C@@H](C)CC3(C)C)n2)c1. The highest BCUT2D eigenvalue weighted by Gasteiger charge is 2.45. The maximum atomic E-state index is 13.4. The van der Waals surface area contributed by atoms with Crippen LogP contribution in [0.2, 0.25) is 0 Å². The zero-order valence-electron chi connectivity index (χ0n) is 82.9. The van der Waals surface area contributed by atoms with E-state index in [1.807, 2.05) is 74.5 Å². The normalized spacial score (nSPS) is 19.0. The predicted octanol–water partition coefficient (Wildman–Crippen LogP) is 17.1. The van der Waals surface area contributed by atoms with Crippen LogP contribution in [0.3, 0.4) is 0 Å². The molecule has 4 saturated heterocycles. The molecule has 17 rings (SSSR count). The number of pyridine rings is 9. The maximum Gasteiger partial charge on any atom is 0.281 e. The highest BCUT2D eigenvalue weighted by molar-refractivity contribution is 7.91. The molecule has 1 saturated carbocycles. The molecule has 37 heteroatoms. The molecule has 7 N–H and O–H groups in total. The first kappa shape index (κ1) is 104. The van der Waals surface area contributed by atoms with E-state index in [9.17, 15) is 57.6 Å². The Hall–Kier alpha value is -13.7. The summed E-state index contributed by atoms with van der Waals surface area (Å²) in [6.45, 7) is 38.7. The number of ether oxygens (including phenoxy) is 2. The van der Waals surface area contributed by atoms with E-state index in [0.717, 1.165) is 103 Å². The lowest BCUT2D eigenvalue weighted by Crippen LogP contribution is -2.41. The van der Waals surface area contributed by atoms with Crippen LogP contribution in [0.5, 0.6) is 17.6 Å². The first-order valence-electron chi connectivity index (χ1n) is 47.5. The Morgan fingerprint density at radius 1 is 0.437 bits per heavy atom. The van der Waals surface area contributed by atoms with Gasteiger partial charge in [0.15, 0.2) is 14.9 Å². The zero-order valence-corrected chi connectivity index (χ0v) is 86.2. The van der Waals surface area contributed by atoms with E-state index in [1.54, 1.807) is 79.1 Å². The largest absolute Gasteiger partial charge is 0.474 e. The van der Waals surface area contributed by atoms with Crippen LogP contribution >= 0.6 is 0 Å². The summed E-state index contributed by atoms with van der Waals surface area (Å²) in [5, 5.41) is 0.353. The first-order valence-corrected chi connectivity index (χ1v) is 53.4. The number of sulfonamides is 4. The minimum Gasteiger partial charge on any atom is -0.474 e. The molecule has 4 unspecified atom stereocenters. The Morgan fingerprint density at radius 2 is 0.894 bits per heavy atom. The Labute approximate surface area is 830 Å². The van der Waals surface area contributed by atoms with E-state index in [0.29, 0.717) is 77.6 Å². The molecule has 9 aromatic heterocycles. The minimum absolute atomic E-state index is 0.0213. The summed E-state index contributed by atoms with van der Waals surface area (Å²) in [5.74, 6) is 1.66. The van der Waals surface area contributed by atoms with Crippen LogP contribution in [0.1, 0.15) is 219 Å². The summed E-state index contributed by atoms with van der Waals surface area (Å²) < 4.78 is 124. The van der Waals surface area contributed by atoms with Gasteiger partial charge >= 0.3 is 0 Å². The summed E-state index contributed by atoms with van der Waals surface area (Å²) in [4.78, 5) is 110. The van der Waals surface area contributed by atoms with Crippen molar-refractivity contribution in [2.45, 2.75) is 223 Å². The number of para-hydroxylation sites is 1. The number of anilines is 5. The number of aromatic amines is 1. The van der Waals surface area contributed by atoms with Crippen molar-refractivity contribution in [3.8, 4) is 40.2 Å². The van der Waals surface area contributed by atoms with Crippen LogP contribution in [-0.4, -0.2) is 157 Å². The van der Waals surface area contributed by atoms with Crippen molar-refractivity contribution in [3.63, 3.8) is 0 Å². The molecule has 4 aliphatic heterocycles. The predicted molar refractivity (Wildman–Crippen MR) is 549 cm³/mol. The van der Waals surface area contributed by atoms with Crippen LogP contribution in [0, 0.1) is 43.4 Å². The van der Waals surface area contributed by atoms with Crippen molar-refractivity contribution in [1.82, 2.24) is 63.7 Å². The molecule has 6 atom stereocenters. The molecule has 33 nitrogen and oxygen atoms in total. The Morgan fingerprint density at radius 3 is 1.41 bits per heavy atom. The van der Waals surface area contributed by atoms with Crippen LogP contribution in [0.25, 0.3) is 33.4 Å². The third-order valence-corrected chi connectivity index (χ3v) is 31.3. The molecule has 4 amide bonds. The fourth-order valence-corrected chi connectivity index (χ4v) is 23.6. The van der Waals surface area contributed by atoms with E-state index in [2.05, 4.69) is 189 Å². The second-order valence-corrected chi connectivity index (χ2v) is 47.0. The van der Waals surface area contributed by atoms with Gasteiger partial charge in [-0.3, -0.25) is 24.0 Å². The quantitative estimate of drug-likeness (QED) is 0.0346. The van der Waals surface area contributed by atoms with Gasteiger partial charge < -0.3 is 39.8 Å². The fraction of sp³-hybridized carbons (Fsp3) is 0.381. The fourth-order valence-electron chi connectivity index (χ4n) is 19.7. The number of nitrogens with zero attached hydrogens (tertiary/aromatic N) is 12. The molecule has 0 spiro atoms. The van der Waals surface area contributed by atoms with Crippen LogP contribution < -0.4 is 59.3 Å². The monoisotopic (exact) mass is 2000 g/mol. The van der Waals surface area contributed by atoms with Gasteiger partial charge in [-0.1, -0.05) is 121 Å². The van der Waals surface area contributed by atoms with E-state index < -0.39 is 74.2 Å². The van der Waals surface area contributed by atoms with Crippen LogP contribution in [-0.2, 0) is 40.1 Å². The highest BCUT2D eigenvalue weighted by Crippen LogP contribution is 2.44. The summed E-state index contributed by atoms with van der Waals surface area (Å²) in [6, 6.07) is 52.8. The van der Waals surface area contributed by atoms with Crippen molar-refractivity contribution < 1.29 is 62.3 Å². The lowest BCUT2D eigenvalue weighted by Gasteiger charge is -2.34. The van der Waals surface area contributed by atoms with E-state index in [-0.39, 0.29) is 88.9 Å². The molecule has 3 aromatic carbocycles. The van der Waals surface area contributed by atoms with Gasteiger partial charge in [-0.2, -0.15) is 26.8 Å². The second-order valence-electron chi connectivity index (χ2n) is 40.5. The molecule has 1 aliphatic carbocycles. The number of hydrogen-bond donors (Lipinski definition) is 6. The molecule has 12 aromatic rings. The number of aromatic nitrogens is 9. The highest BCUT2D eigenvalue weighted by atomic mass is 32.2. The van der Waals surface area contributed by atoms with Gasteiger partial charge in [0.2, 0.25) is 17.6 Å². The van der Waals surface area contributed by atoms with Crippen molar-refractivity contribution in [2.24, 2.45) is 29.6 Å². The van der Waals surface area contributed by atoms with Gasteiger partial charge in [-0.15, -0.1) is 0 Å². The molecular weight excluding hydrogens is 1880 g/mol. The Kier molecular flexibility index (Phi) is 31.0. The van der Waals surface area contributed by atoms with E-state index in [1.165, 1.54) is 66.8 Å². The topological polar surface area (TPSA) is 446 Å². The summed E-state index contributed by atoms with van der Waals surface area (Å²) in [7, 11) is -17.1. The van der Waals surface area contributed by atoms with Crippen LogP contribution in [0.4, 0.5) is 29.1 Å². The van der Waals surface area contributed by atoms with E-state index in [4.69, 9.17) is 25.2 Å². The van der Waals surface area contributed by atoms with Gasteiger partial charge in [0.05, 0.1) is 39.2 Å². The number of benzene rings is 3. The molecule has 0 radical (unpaired) electrons. The number of nitrogens with two attached hydrogens (primary N) is 1. The number of nitrogens with one attached hydrogen (secondary N) is 5. The van der Waals surface area contributed by atoms with Gasteiger partial charge in [-0.05, 0) is 270 Å². The average molecular weight is 2010 g/mol. The molecule has 5 fully saturated rings. The average Bonchev–Trinajstić information content (AvgIpc) is 1.83. The molecule has 13 heterocycles. The van der Waals surface area contributed by atoms with Gasteiger partial charge in [0.1, 0.15) is 40.1 Å². The second kappa shape index (κ2) is 42.3. The van der Waals surface area contributed by atoms with Crippen molar-refractivity contribution in [1.29, 1.82) is 0 Å². The number of hydrogen-bond acceptors (Lipinski definition) is 28. The molecule has 748 valence electrons. The minimum atomic E-state index is -4.38. The standard InChI is InChI=1S/C27H27N5O4S.C27H33N5O3S.C26H30N4O4S.C25H34N4O4S/c1-18-16-27(2,3)32(17-18)25-20(9-7-15-28-25)26(33)31-37(34,35)24-12-6-11-22(30-24)36-23-14-13-19-8-4-5-10-21(19)29-23;1-17(2)19-8-6-9-20(14-19)22-12-11-21(25(30-22)32-16-18(3)15-27(32,4)5)26(33)31-36(34,35)23-10-7-13-29-24(23)28;1-16-8-9-18(3)20(13-16)21-11-10-19(23(28-21)30-15-17(2)14-26(30,4)5)24(31)29-35(33,34)22-7-6-12-27-25(22)32;1-17-8-5-9-19(14-17)33-21-11-6-12-22(27-21)34(31,32)28-24(30)20-10-7-13-26-23(20)29-16-18(2)15-25(29,3)4/h4-15,18H,16-17H2,1-3H3,(H,31,33);6-14,17-18H,15-16H2,1-5H3,(H2,28,29)(H,31,33);6-13,17H,14-15H2,1-5H3,(H,27,32)(H,29,31);6-7,10-13,17-19H,5,8-9,14-16H2,1-4H3,(H,28,30)/t;18-;17-;/m.00./s1. The lowest BCUT2D eigenvalue weighted by atomic mass is 9.89. The number of carbonyl (C=O) groups is 4. The Balaban J connectivity index is 0.000000150. The molecule has 0 bridgehead atoms. The number of rotatable bonds is 23. The van der Waals surface area contributed by atoms with Crippen molar-refractivity contribution in [2.75, 3.05) is 51.5 Å². The number of fused-ring (bicyclic) bond motifs is 1. The van der Waals surface area contributed by atoms with E-state index >= 15 is 0 Å². The third kappa shape index (κ3) is 24.4. The van der Waals surface area contributed by atoms with Gasteiger partial charge in [0.25, 0.3) is 69.3 Å². The first-order chi connectivity index (χ1) is 66.9. The number of carbonyl (C=O) groups excluding carboxylic acids is 4. The van der Waals surface area contributed by atoms with Gasteiger partial charge in [-0.25, -0.2) is 65.6 Å². The molecular formula is C105H124N18O15S4. The smallest absolute Gasteiger partial charge is 0.281 e. The number of amides is 4. The van der Waals surface area contributed by atoms with Crippen LogP contribution in [0.15, 0.2) is 237 Å². The number of aryl methyl sites for hydroxylation is 2. The van der Waals surface area contributed by atoms with Crippen molar-refractivity contribution >= 4 is 104 Å². The number of nitrogen functional groups attached to an aromatic ring is 1. The summed E-state index contributed by atoms with van der Waals surface area (Å²) in [5.41, 5.74) is 12.1. The molecule has 142 heavy (non-hydrogen) atoms. The lowest BCUT2D eigenvalue weighted by molar-refractivity contribution is 0.0972. The summed E-state index contributed by atoms with van der Waals surface area (Å²) >= 11 is 0. The van der Waals surface area contributed by atoms with Crippen molar-refractivity contribution in [3.05, 3.63) is 262 Å². The zero-order chi connectivity index (χ0) is 103. The molecule has 5 aliphatic rings. The maximum absolute atomic E-state index is 13.4.